The number of nitrogens with zero attached hydrogens (tertiary/aromatic N) is 11. The zero-order valence-corrected chi connectivity index (χ0v) is 80.4. The van der Waals surface area contributed by atoms with Crippen molar-refractivity contribution in [2.75, 3.05) is 0 Å². The van der Waals surface area contributed by atoms with Crippen LogP contribution in [-0.4, -0.2) is 52.7 Å². The Morgan fingerprint density at radius 1 is 0.153 bits per heavy atom. The van der Waals surface area contributed by atoms with E-state index in [9.17, 15) is 0 Å². The molecule has 23 aromatic carbocycles. The first-order valence-corrected chi connectivity index (χ1v) is 51.1. The molecular formula is C138H79N11O. The van der Waals surface area contributed by atoms with Crippen molar-refractivity contribution in [2.45, 2.75) is 0 Å². The second kappa shape index (κ2) is 31.6. The van der Waals surface area contributed by atoms with Gasteiger partial charge in [0.15, 0.2) is 17.5 Å². The van der Waals surface area contributed by atoms with Gasteiger partial charge in [-0.15, -0.1) is 0 Å². The van der Waals surface area contributed by atoms with Crippen LogP contribution in [0, 0.1) is 0 Å². The summed E-state index contributed by atoms with van der Waals surface area (Å²) in [7, 11) is 0. The first-order chi connectivity index (χ1) is 74.4. The number of furan rings is 1. The molecule has 0 radical (unpaired) electrons. The van der Waals surface area contributed by atoms with Crippen LogP contribution in [0.1, 0.15) is 0 Å². The predicted octanol–water partition coefficient (Wildman–Crippen LogP) is 35.7. The fourth-order valence-corrected chi connectivity index (χ4v) is 25.3. The number of aromatic nitrogens is 11. The monoisotopic (exact) mass is 1910 g/mol. The third-order valence-electron chi connectivity index (χ3n) is 31.8. The van der Waals surface area contributed by atoms with Gasteiger partial charge in [-0.05, 0) is 199 Å². The highest BCUT2D eigenvalue weighted by atomic mass is 16.3. The fraction of sp³-hybridized carbons (Fsp3) is 0. The maximum absolute atomic E-state index is 6.10. The second-order valence-corrected chi connectivity index (χ2v) is 39.7. The average molecular weight is 1910 g/mol. The molecule has 0 bridgehead atoms. The van der Waals surface area contributed by atoms with E-state index in [1.54, 1.807) is 0 Å². The Bertz CT molecular complexity index is 11600. The first-order valence-electron chi connectivity index (χ1n) is 51.1. The standard InChI is InChI=1S/C52H30N4.C48H28N4.C38H21N3O/c1-2-13-33(14-3-1)55-47-29-24-31-12-4-5-15-35(31)48(47)42-27-26-37-34(18-10-19-40(37)51(42)55)32-25-28-46-43(30-32)41-21-11-20-39-36-16-6-7-17-38(36)49-52(56(46)50(39)41)54-45-23-9-8-22-44(45)53-49;1-2-12-30(13-3-1)51-43-23-9-6-15-34(43)39-26-25-33-31(17-10-18-37(33)46(39)51)29-24-27-44-40(28-29)38-20-11-19-36-32-14-4-5-16-35(32)45-48(52(44)47(36)38)50-42-22-8-7-21-41(42)49-45;1-2-10-26-24(8-1)27-11-7-12-28-29-20-22(23-17-19-35-30(21-23)25-9-3-6-15-34(25)42-35)16-18-33(29)41(37(27)28)38-36(26)39-31-13-4-5-14-32(31)40-38/h1-30H;1-28H;1-21H. The Kier molecular flexibility index (Phi) is 17.3. The van der Waals surface area contributed by atoms with Gasteiger partial charge in [-0.1, -0.05) is 352 Å². The van der Waals surface area contributed by atoms with Crippen molar-refractivity contribution in [1.82, 2.24) is 52.7 Å². The van der Waals surface area contributed by atoms with Gasteiger partial charge in [-0.3, -0.25) is 13.7 Å². The summed E-state index contributed by atoms with van der Waals surface area (Å²) in [5.74, 6) is 2.60. The van der Waals surface area contributed by atoms with E-state index in [1.807, 2.05) is 60.7 Å². The molecule has 35 rings (SSSR count). The van der Waals surface area contributed by atoms with Gasteiger partial charge >= 0.3 is 0 Å². The van der Waals surface area contributed by atoms with Gasteiger partial charge in [0, 0.05) is 120 Å². The Morgan fingerprint density at radius 2 is 0.460 bits per heavy atom. The van der Waals surface area contributed by atoms with Gasteiger partial charge in [0.1, 0.15) is 28.2 Å². The largest absolute Gasteiger partial charge is 0.456 e. The van der Waals surface area contributed by atoms with Crippen LogP contribution < -0.4 is 0 Å². The lowest BCUT2D eigenvalue weighted by Crippen LogP contribution is -2.02. The molecule has 0 spiro atoms. The van der Waals surface area contributed by atoms with Crippen molar-refractivity contribution in [2.24, 2.45) is 0 Å². The average Bonchev–Trinajstić information content (AvgIpc) is 1.56. The van der Waals surface area contributed by atoms with Gasteiger partial charge in [0.2, 0.25) is 0 Å². The molecule has 0 N–H and O–H groups in total. The highest BCUT2D eigenvalue weighted by Crippen LogP contribution is 2.54. The van der Waals surface area contributed by atoms with Crippen LogP contribution in [0.5, 0.6) is 0 Å². The summed E-state index contributed by atoms with van der Waals surface area (Å²) in [6, 6.07) is 172. The van der Waals surface area contributed by atoms with Crippen LogP contribution in [-0.2, 0) is 0 Å². The van der Waals surface area contributed by atoms with Crippen molar-refractivity contribution < 1.29 is 4.42 Å². The first kappa shape index (κ1) is 82.1. The lowest BCUT2D eigenvalue weighted by molar-refractivity contribution is 0.669. The lowest BCUT2D eigenvalue weighted by atomic mass is 9.94. The minimum absolute atomic E-state index is 0.864. The van der Waals surface area contributed by atoms with E-state index in [4.69, 9.17) is 34.3 Å². The minimum Gasteiger partial charge on any atom is -0.456 e. The predicted molar refractivity (Wildman–Crippen MR) is 620 cm³/mol. The zero-order chi connectivity index (χ0) is 97.8. The molecule has 692 valence electrons. The maximum Gasteiger partial charge on any atom is 0.165 e. The van der Waals surface area contributed by atoms with Crippen LogP contribution in [0.2, 0.25) is 0 Å². The van der Waals surface area contributed by atoms with E-state index in [0.717, 1.165) is 156 Å². The van der Waals surface area contributed by atoms with Crippen molar-refractivity contribution in [3.63, 3.8) is 0 Å². The smallest absolute Gasteiger partial charge is 0.165 e. The number of hydrogen-bond acceptors (Lipinski definition) is 7. The number of rotatable bonds is 5. The molecule has 12 nitrogen and oxygen atoms in total. The molecule has 0 amide bonds. The molecule has 9 aromatic heterocycles. The molecule has 12 heterocycles. The van der Waals surface area contributed by atoms with Crippen molar-refractivity contribution in [3.8, 4) is 129 Å². The van der Waals surface area contributed by atoms with Crippen LogP contribution >= 0.6 is 0 Å². The Balaban J connectivity index is 0.0000000984. The summed E-state index contributed by atoms with van der Waals surface area (Å²) < 4.78 is 18.0. The van der Waals surface area contributed by atoms with Gasteiger partial charge in [-0.25, -0.2) is 29.9 Å². The van der Waals surface area contributed by atoms with Crippen LogP contribution in [0.15, 0.2) is 484 Å². The topological polar surface area (TPSA) is 115 Å². The molecule has 3 aliphatic heterocycles. The van der Waals surface area contributed by atoms with E-state index >= 15 is 0 Å². The van der Waals surface area contributed by atoms with Gasteiger partial charge in [-0.2, -0.15) is 0 Å². The SMILES string of the molecule is c1ccc(-n2c3ccc4ccccc4c3c3ccc4c(-c5ccc6c(c5)c5cccc7c5n6-c5nc6ccccc6nc5-c5ccccc5-7)cccc4c32)cc1.c1ccc(-n2c3ccccc3c3ccc4c(-c5ccc6c(c5)c5cccc7c5n6-c5nc6ccccc6nc5-c5ccccc5-7)cccc4c32)cc1.c1ccc2c(c1)-c1nc3ccccc3nc1-n1c3ccc(-c4ccc5oc6ccccc6c5c4)cc3c3cccc-2c31. The third-order valence-corrected chi connectivity index (χ3v) is 31.8. The molecule has 0 aliphatic carbocycles. The Morgan fingerprint density at radius 3 is 0.940 bits per heavy atom. The van der Waals surface area contributed by atoms with E-state index in [-0.39, 0.29) is 0 Å². The lowest BCUT2D eigenvalue weighted by Gasteiger charge is -2.13. The fourth-order valence-electron chi connectivity index (χ4n) is 25.3. The summed E-state index contributed by atoms with van der Waals surface area (Å²) in [6.45, 7) is 0. The van der Waals surface area contributed by atoms with Gasteiger partial charge in [0.05, 0.1) is 88.3 Å². The van der Waals surface area contributed by atoms with Crippen molar-refractivity contribution in [1.29, 1.82) is 0 Å². The Hall–Kier alpha value is -20.3. The van der Waals surface area contributed by atoms with Crippen LogP contribution in [0.4, 0.5) is 0 Å². The second-order valence-electron chi connectivity index (χ2n) is 39.7. The Labute approximate surface area is 856 Å². The minimum atomic E-state index is 0.864. The van der Waals surface area contributed by atoms with Crippen LogP contribution in [0.3, 0.4) is 0 Å². The quantitative estimate of drug-likeness (QED) is 0.169. The molecule has 12 heteroatoms. The summed E-state index contributed by atoms with van der Waals surface area (Å²) in [5.41, 5.74) is 41.5. The summed E-state index contributed by atoms with van der Waals surface area (Å²) in [4.78, 5) is 31.6. The van der Waals surface area contributed by atoms with E-state index < -0.39 is 0 Å². The van der Waals surface area contributed by atoms with E-state index in [0.29, 0.717) is 0 Å². The highest BCUT2D eigenvalue weighted by molar-refractivity contribution is 6.29. The zero-order valence-electron chi connectivity index (χ0n) is 80.4. The van der Waals surface area contributed by atoms with Crippen LogP contribution in [0.25, 0.3) is 326 Å². The summed E-state index contributed by atoms with van der Waals surface area (Å²) in [6.07, 6.45) is 0. The van der Waals surface area contributed by atoms with E-state index in [2.05, 4.69) is 441 Å². The third kappa shape index (κ3) is 11.9. The molecule has 0 unspecified atom stereocenters. The number of hydrogen-bond donors (Lipinski definition) is 0. The normalized spacial score (nSPS) is 12.3. The summed E-state index contributed by atoms with van der Waals surface area (Å²) in [5, 5.41) is 22.0. The van der Waals surface area contributed by atoms with Crippen molar-refractivity contribution in [3.05, 3.63) is 479 Å². The molecular weight excluding hydrogens is 1830 g/mol. The molecule has 0 fully saturated rings. The highest BCUT2D eigenvalue weighted by Gasteiger charge is 2.34. The number of fused-ring (bicyclic) bond motifs is 42. The number of benzene rings is 23. The van der Waals surface area contributed by atoms with Crippen molar-refractivity contribution >= 4 is 196 Å². The molecule has 32 aromatic rings. The number of para-hydroxylation sites is 13. The molecule has 0 atom stereocenters. The molecule has 3 aliphatic rings. The molecule has 150 heavy (non-hydrogen) atoms. The maximum atomic E-state index is 6.10. The summed E-state index contributed by atoms with van der Waals surface area (Å²) >= 11 is 0. The van der Waals surface area contributed by atoms with Gasteiger partial charge in [0.25, 0.3) is 0 Å². The van der Waals surface area contributed by atoms with Gasteiger partial charge < -0.3 is 13.6 Å². The molecule has 0 saturated carbocycles. The molecule has 0 saturated heterocycles. The van der Waals surface area contributed by atoms with E-state index in [1.165, 1.54) is 169 Å².